The van der Waals surface area contributed by atoms with Crippen molar-refractivity contribution in [1.29, 1.82) is 0 Å². The number of halogens is 3. The van der Waals surface area contributed by atoms with Gasteiger partial charge >= 0.3 is 5.97 Å². The number of anilines is 1. The van der Waals surface area contributed by atoms with Crippen LogP contribution in [0, 0.1) is 5.82 Å². The number of amides is 1. The summed E-state index contributed by atoms with van der Waals surface area (Å²) in [6.07, 6.45) is 0.535. The minimum absolute atomic E-state index is 0.0443. The molecule has 0 aliphatic carbocycles. The molecule has 0 saturated carbocycles. The SMILES string of the molecule is CC(C)(C)OC(=O)CN1CC[C@@H](c2cccc(Cl)c2)[C@]2(C(=O)N(COCC[Si](C)(C)C)c3cc(Cl)ccc32)[C@H]1c1cccc(F)c1. The molecule has 0 N–H and O–H groups in total. The number of rotatable bonds is 9. The Bertz CT molecular complexity index is 1610. The van der Waals surface area contributed by atoms with Crippen LogP contribution in [0.15, 0.2) is 66.7 Å². The Labute approximate surface area is 282 Å². The summed E-state index contributed by atoms with van der Waals surface area (Å²) in [4.78, 5) is 32.4. The lowest BCUT2D eigenvalue weighted by molar-refractivity contribution is -0.159. The van der Waals surface area contributed by atoms with E-state index < -0.39 is 36.9 Å². The third kappa shape index (κ3) is 7.21. The van der Waals surface area contributed by atoms with Crippen molar-refractivity contribution in [2.45, 2.75) is 75.9 Å². The van der Waals surface area contributed by atoms with Gasteiger partial charge in [0.05, 0.1) is 18.3 Å². The van der Waals surface area contributed by atoms with Gasteiger partial charge in [0, 0.05) is 37.2 Å². The number of likely N-dealkylation sites (tertiary alicyclic amines) is 1. The van der Waals surface area contributed by atoms with E-state index in [0.29, 0.717) is 40.9 Å². The molecular formula is C36H43Cl2FN2O4Si. The molecule has 6 nitrogen and oxygen atoms in total. The van der Waals surface area contributed by atoms with Gasteiger partial charge in [-0.1, -0.05) is 73.2 Å². The van der Waals surface area contributed by atoms with Gasteiger partial charge in [-0.05, 0) is 86.3 Å². The van der Waals surface area contributed by atoms with Gasteiger partial charge in [0.25, 0.3) is 0 Å². The zero-order valence-electron chi connectivity index (χ0n) is 27.4. The first-order valence-electron chi connectivity index (χ1n) is 15.8. The van der Waals surface area contributed by atoms with Crippen molar-refractivity contribution in [2.75, 3.05) is 31.3 Å². The van der Waals surface area contributed by atoms with Gasteiger partial charge in [0.1, 0.15) is 23.6 Å². The quantitative estimate of drug-likeness (QED) is 0.128. The lowest BCUT2D eigenvalue weighted by Gasteiger charge is -2.52. The Morgan fingerprint density at radius 3 is 2.37 bits per heavy atom. The maximum Gasteiger partial charge on any atom is 0.320 e. The number of piperidine rings is 1. The maximum atomic E-state index is 15.4. The van der Waals surface area contributed by atoms with E-state index in [0.717, 1.165) is 17.2 Å². The van der Waals surface area contributed by atoms with Crippen LogP contribution >= 0.6 is 23.2 Å². The van der Waals surface area contributed by atoms with Crippen LogP contribution in [0.25, 0.3) is 0 Å². The van der Waals surface area contributed by atoms with Crippen LogP contribution in [0.5, 0.6) is 0 Å². The number of nitrogens with zero attached hydrogens (tertiary/aromatic N) is 2. The number of carbonyl (C=O) groups is 2. The highest BCUT2D eigenvalue weighted by Crippen LogP contribution is 2.61. The predicted molar refractivity (Wildman–Crippen MR) is 185 cm³/mol. The maximum absolute atomic E-state index is 15.4. The second-order valence-electron chi connectivity index (χ2n) is 14.5. The standard InChI is InChI=1S/C36H43Cl2FN2O4Si/c1-35(2,3)45-32(42)22-40-16-15-29(24-9-7-11-26(37)19-24)36(33(40)25-10-8-12-28(39)20-25)30-14-13-27(38)21-31(30)41(34(36)43)23-44-17-18-46(4,5)6/h7-14,19-21,29,33H,15-18,22-23H2,1-6H3/t29-,33+,36+/m0/s1. The second-order valence-corrected chi connectivity index (χ2v) is 21.0. The molecule has 1 spiro atoms. The Morgan fingerprint density at radius 2 is 1.70 bits per heavy atom. The average molecular weight is 686 g/mol. The van der Waals surface area contributed by atoms with Crippen molar-refractivity contribution in [2.24, 2.45) is 0 Å². The van der Waals surface area contributed by atoms with Gasteiger partial charge < -0.3 is 9.47 Å². The van der Waals surface area contributed by atoms with Crippen molar-refractivity contribution < 1.29 is 23.5 Å². The first kappa shape index (κ1) is 34.6. The van der Waals surface area contributed by atoms with Crippen LogP contribution in [0.2, 0.25) is 35.7 Å². The van der Waals surface area contributed by atoms with E-state index in [2.05, 4.69) is 19.6 Å². The van der Waals surface area contributed by atoms with E-state index in [1.165, 1.54) is 12.1 Å². The summed E-state index contributed by atoms with van der Waals surface area (Å²) in [6.45, 7) is 13.3. The van der Waals surface area contributed by atoms with Gasteiger partial charge in [0.15, 0.2) is 0 Å². The van der Waals surface area contributed by atoms with E-state index in [4.69, 9.17) is 32.7 Å². The molecular weight excluding hydrogens is 642 g/mol. The topological polar surface area (TPSA) is 59.1 Å². The summed E-state index contributed by atoms with van der Waals surface area (Å²) in [6, 6.07) is 19.6. The number of hydrogen-bond acceptors (Lipinski definition) is 5. The fourth-order valence-corrected chi connectivity index (χ4v) is 8.05. The molecule has 5 rings (SSSR count). The lowest BCUT2D eigenvalue weighted by Crippen LogP contribution is -2.59. The zero-order chi connectivity index (χ0) is 33.4. The highest BCUT2D eigenvalue weighted by atomic mass is 35.5. The van der Waals surface area contributed by atoms with Crippen molar-refractivity contribution in [3.05, 3.63) is 99.3 Å². The van der Waals surface area contributed by atoms with Gasteiger partial charge in [0.2, 0.25) is 5.91 Å². The summed E-state index contributed by atoms with van der Waals surface area (Å²) < 4.78 is 27.0. The van der Waals surface area contributed by atoms with E-state index in [1.54, 1.807) is 23.1 Å². The van der Waals surface area contributed by atoms with Gasteiger partial charge in [-0.25, -0.2) is 4.39 Å². The Morgan fingerprint density at radius 1 is 1.00 bits per heavy atom. The summed E-state index contributed by atoms with van der Waals surface area (Å²) in [5, 5.41) is 1.04. The van der Waals surface area contributed by atoms with Crippen molar-refractivity contribution >= 4 is 48.8 Å². The average Bonchev–Trinajstić information content (AvgIpc) is 3.16. The number of hydrogen-bond donors (Lipinski definition) is 0. The summed E-state index contributed by atoms with van der Waals surface area (Å²) in [7, 11) is -1.38. The molecule has 1 fully saturated rings. The molecule has 10 heteroatoms. The smallest absolute Gasteiger partial charge is 0.320 e. The molecule has 2 aliphatic heterocycles. The van der Waals surface area contributed by atoms with E-state index in [9.17, 15) is 4.79 Å². The van der Waals surface area contributed by atoms with Gasteiger partial charge in [-0.15, -0.1) is 0 Å². The van der Waals surface area contributed by atoms with Crippen LogP contribution in [-0.4, -0.2) is 56.9 Å². The largest absolute Gasteiger partial charge is 0.459 e. The molecule has 2 heterocycles. The normalized spacial score (nSPS) is 21.9. The number of fused-ring (bicyclic) bond motifs is 2. The molecule has 0 bridgehead atoms. The fraction of sp³-hybridized carbons (Fsp3) is 0.444. The number of ether oxygens (including phenoxy) is 2. The third-order valence-corrected chi connectivity index (χ3v) is 10.9. The second kappa shape index (κ2) is 13.4. The summed E-state index contributed by atoms with van der Waals surface area (Å²) in [5.74, 6) is -1.40. The molecule has 3 aromatic rings. The lowest BCUT2D eigenvalue weighted by atomic mass is 9.58. The summed E-state index contributed by atoms with van der Waals surface area (Å²) in [5.41, 5.74) is 0.911. The molecule has 3 aromatic carbocycles. The number of benzene rings is 3. The molecule has 246 valence electrons. The van der Waals surface area contributed by atoms with Crippen molar-refractivity contribution in [1.82, 2.24) is 4.90 Å². The van der Waals surface area contributed by atoms with E-state index in [1.807, 2.05) is 62.1 Å². The number of esters is 1. The minimum Gasteiger partial charge on any atom is -0.459 e. The zero-order valence-corrected chi connectivity index (χ0v) is 29.9. The van der Waals surface area contributed by atoms with Crippen LogP contribution in [0.1, 0.15) is 55.8 Å². The Balaban J connectivity index is 1.72. The van der Waals surface area contributed by atoms with E-state index >= 15 is 9.18 Å². The minimum atomic E-state index is -1.38. The highest BCUT2D eigenvalue weighted by molar-refractivity contribution is 6.76. The van der Waals surface area contributed by atoms with Gasteiger partial charge in [-0.3, -0.25) is 19.4 Å². The van der Waals surface area contributed by atoms with Crippen LogP contribution in [0.3, 0.4) is 0 Å². The molecule has 1 amide bonds. The van der Waals surface area contributed by atoms with E-state index in [-0.39, 0.29) is 25.1 Å². The first-order chi connectivity index (χ1) is 21.6. The van der Waals surface area contributed by atoms with Crippen molar-refractivity contribution in [3.8, 4) is 0 Å². The predicted octanol–water partition coefficient (Wildman–Crippen LogP) is 8.60. The monoisotopic (exact) mass is 684 g/mol. The van der Waals surface area contributed by atoms with Crippen LogP contribution in [0.4, 0.5) is 10.1 Å². The van der Waals surface area contributed by atoms with Crippen molar-refractivity contribution in [3.63, 3.8) is 0 Å². The third-order valence-electron chi connectivity index (χ3n) is 8.73. The number of carbonyl (C=O) groups excluding carboxylic acids is 2. The molecule has 1 saturated heterocycles. The molecule has 3 atom stereocenters. The van der Waals surface area contributed by atoms with Gasteiger partial charge in [-0.2, -0.15) is 0 Å². The highest BCUT2D eigenvalue weighted by Gasteiger charge is 2.64. The molecule has 46 heavy (non-hydrogen) atoms. The fourth-order valence-electron chi connectivity index (χ4n) is 6.93. The first-order valence-corrected chi connectivity index (χ1v) is 20.2. The Kier molecular flexibility index (Phi) is 10.1. The van der Waals surface area contributed by atoms with Crippen LogP contribution < -0.4 is 4.90 Å². The molecule has 0 radical (unpaired) electrons. The Hall–Kier alpha value is -2.75. The molecule has 2 aliphatic rings. The van der Waals surface area contributed by atoms with Crippen LogP contribution in [-0.2, 0) is 24.5 Å². The summed E-state index contributed by atoms with van der Waals surface area (Å²) >= 11 is 13.1. The molecule has 0 aromatic heterocycles. The molecule has 0 unspecified atom stereocenters.